The van der Waals surface area contributed by atoms with E-state index in [1.54, 1.807) is 29.2 Å². The Balaban J connectivity index is 2.38. The van der Waals surface area contributed by atoms with Gasteiger partial charge in [-0.25, -0.2) is 4.68 Å². The minimum absolute atomic E-state index is 0.0544. The molecule has 0 aliphatic carbocycles. The van der Waals surface area contributed by atoms with Gasteiger partial charge in [0.2, 0.25) is 0 Å². The summed E-state index contributed by atoms with van der Waals surface area (Å²) in [5.41, 5.74) is 7.29. The van der Waals surface area contributed by atoms with Crippen molar-refractivity contribution in [3.8, 4) is 5.69 Å². The third-order valence-electron chi connectivity index (χ3n) is 2.13. The zero-order valence-electron chi connectivity index (χ0n) is 8.61. The Morgan fingerprint density at radius 1 is 1.50 bits per heavy atom. The maximum Gasteiger partial charge on any atom is 0.141 e. The van der Waals surface area contributed by atoms with Gasteiger partial charge in [-0.1, -0.05) is 11.6 Å². The Labute approximate surface area is 97.4 Å². The molecule has 2 aromatic heterocycles. The van der Waals surface area contributed by atoms with Crippen molar-refractivity contribution in [2.75, 3.05) is 0 Å². The smallest absolute Gasteiger partial charge is 0.141 e. The minimum Gasteiger partial charge on any atom is -0.382 e. The molecule has 3 N–H and O–H groups in total. The Morgan fingerprint density at radius 2 is 2.25 bits per heavy atom. The molecular formula is C10H10ClN5. The highest BCUT2D eigenvalue weighted by atomic mass is 35.5. The summed E-state index contributed by atoms with van der Waals surface area (Å²) in [5, 5.41) is 12.0. The van der Waals surface area contributed by atoms with E-state index in [9.17, 15) is 0 Å². The Morgan fingerprint density at radius 3 is 2.69 bits per heavy atom. The van der Waals surface area contributed by atoms with Gasteiger partial charge in [0.05, 0.1) is 22.6 Å². The quantitative estimate of drug-likeness (QED) is 0.612. The van der Waals surface area contributed by atoms with Crippen molar-refractivity contribution in [1.29, 1.82) is 5.41 Å². The molecule has 0 saturated carbocycles. The van der Waals surface area contributed by atoms with Crippen LogP contribution in [-0.4, -0.2) is 20.6 Å². The van der Waals surface area contributed by atoms with Crippen LogP contribution in [0, 0.1) is 12.3 Å². The van der Waals surface area contributed by atoms with Crippen LogP contribution in [0.5, 0.6) is 0 Å². The molecule has 0 spiro atoms. The third kappa shape index (κ3) is 1.90. The van der Waals surface area contributed by atoms with E-state index < -0.39 is 0 Å². The maximum absolute atomic E-state index is 7.22. The molecule has 0 radical (unpaired) electrons. The lowest BCUT2D eigenvalue weighted by atomic mass is 10.3. The molecule has 0 bridgehead atoms. The van der Waals surface area contributed by atoms with E-state index in [4.69, 9.17) is 22.7 Å². The second-order valence-electron chi connectivity index (χ2n) is 3.32. The first-order chi connectivity index (χ1) is 7.58. The van der Waals surface area contributed by atoms with Crippen molar-refractivity contribution in [2.45, 2.75) is 6.92 Å². The van der Waals surface area contributed by atoms with Crippen molar-refractivity contribution >= 4 is 17.4 Å². The van der Waals surface area contributed by atoms with Crippen molar-refractivity contribution < 1.29 is 0 Å². The number of aryl methyl sites for hydroxylation is 1. The maximum atomic E-state index is 7.22. The molecular weight excluding hydrogens is 226 g/mol. The second kappa shape index (κ2) is 3.94. The van der Waals surface area contributed by atoms with Gasteiger partial charge in [0, 0.05) is 6.20 Å². The van der Waals surface area contributed by atoms with E-state index >= 15 is 0 Å². The summed E-state index contributed by atoms with van der Waals surface area (Å²) in [7, 11) is 0. The molecule has 2 heterocycles. The molecule has 0 amide bonds. The van der Waals surface area contributed by atoms with Crippen LogP contribution < -0.4 is 5.73 Å². The summed E-state index contributed by atoms with van der Waals surface area (Å²) in [4.78, 5) is 4.04. The number of nitrogens with one attached hydrogen (secondary N) is 1. The van der Waals surface area contributed by atoms with Crippen LogP contribution in [0.1, 0.15) is 11.4 Å². The number of pyridine rings is 1. The fourth-order valence-corrected chi connectivity index (χ4v) is 1.38. The topological polar surface area (TPSA) is 80.6 Å². The molecule has 82 valence electrons. The first-order valence-corrected chi connectivity index (χ1v) is 4.98. The Hall–Kier alpha value is -1.88. The number of nitrogens with zero attached hydrogens (tertiary/aromatic N) is 3. The van der Waals surface area contributed by atoms with E-state index in [0.717, 1.165) is 11.4 Å². The van der Waals surface area contributed by atoms with Gasteiger partial charge in [0.25, 0.3) is 0 Å². The van der Waals surface area contributed by atoms with Gasteiger partial charge < -0.3 is 5.73 Å². The van der Waals surface area contributed by atoms with Crippen LogP contribution in [0.25, 0.3) is 5.69 Å². The predicted molar refractivity (Wildman–Crippen MR) is 62.1 cm³/mol. The highest BCUT2D eigenvalue weighted by molar-refractivity contribution is 6.31. The standard InChI is InChI=1S/C10H10ClN5/c1-6-8(11)5-16(15-6)7-2-3-9(10(12)13)14-4-7/h2-5H,1H3,(H3,12,13). The largest absolute Gasteiger partial charge is 0.382 e. The van der Waals surface area contributed by atoms with Crippen molar-refractivity contribution in [3.05, 3.63) is 40.9 Å². The Kier molecular flexibility index (Phi) is 2.62. The van der Waals surface area contributed by atoms with E-state index in [0.29, 0.717) is 10.7 Å². The molecule has 5 nitrogen and oxygen atoms in total. The van der Waals surface area contributed by atoms with E-state index in [1.807, 2.05) is 6.92 Å². The van der Waals surface area contributed by atoms with Gasteiger partial charge in [-0.3, -0.25) is 10.4 Å². The second-order valence-corrected chi connectivity index (χ2v) is 3.73. The number of rotatable bonds is 2. The van der Waals surface area contributed by atoms with Crippen LogP contribution in [0.2, 0.25) is 5.02 Å². The monoisotopic (exact) mass is 235 g/mol. The number of hydrogen-bond donors (Lipinski definition) is 2. The SMILES string of the molecule is Cc1nn(-c2ccc(C(=N)N)nc2)cc1Cl. The lowest BCUT2D eigenvalue weighted by molar-refractivity contribution is 0.856. The van der Waals surface area contributed by atoms with Crippen LogP contribution in [-0.2, 0) is 0 Å². The van der Waals surface area contributed by atoms with Crippen molar-refractivity contribution in [2.24, 2.45) is 5.73 Å². The zero-order chi connectivity index (χ0) is 11.7. The fraction of sp³-hybridized carbons (Fsp3) is 0.100. The average molecular weight is 236 g/mol. The summed E-state index contributed by atoms with van der Waals surface area (Å²) in [6.07, 6.45) is 3.31. The van der Waals surface area contributed by atoms with Crippen LogP contribution in [0.3, 0.4) is 0 Å². The lowest BCUT2D eigenvalue weighted by Crippen LogP contribution is -2.13. The number of hydrogen-bond acceptors (Lipinski definition) is 3. The van der Waals surface area contributed by atoms with Gasteiger partial charge in [0.15, 0.2) is 0 Å². The summed E-state index contributed by atoms with van der Waals surface area (Å²) >= 11 is 5.90. The Bertz CT molecular complexity index is 509. The molecule has 2 rings (SSSR count). The highest BCUT2D eigenvalue weighted by Crippen LogP contribution is 2.15. The van der Waals surface area contributed by atoms with E-state index in [-0.39, 0.29) is 5.84 Å². The minimum atomic E-state index is -0.0544. The van der Waals surface area contributed by atoms with E-state index in [2.05, 4.69) is 10.1 Å². The molecule has 16 heavy (non-hydrogen) atoms. The van der Waals surface area contributed by atoms with Gasteiger partial charge >= 0.3 is 0 Å². The van der Waals surface area contributed by atoms with Crippen molar-refractivity contribution in [1.82, 2.24) is 14.8 Å². The summed E-state index contributed by atoms with van der Waals surface area (Å²) in [6, 6.07) is 3.45. The van der Waals surface area contributed by atoms with Gasteiger partial charge in [-0.15, -0.1) is 0 Å². The third-order valence-corrected chi connectivity index (χ3v) is 2.50. The van der Waals surface area contributed by atoms with Crippen LogP contribution in [0.15, 0.2) is 24.5 Å². The molecule has 2 aromatic rings. The first kappa shape index (κ1) is 10.6. The molecule has 0 aromatic carbocycles. The molecule has 0 fully saturated rings. The fourth-order valence-electron chi connectivity index (χ4n) is 1.25. The average Bonchev–Trinajstić information content (AvgIpc) is 2.59. The van der Waals surface area contributed by atoms with Gasteiger partial charge in [0.1, 0.15) is 11.5 Å². The highest BCUT2D eigenvalue weighted by Gasteiger charge is 2.05. The zero-order valence-corrected chi connectivity index (χ0v) is 9.36. The molecule has 0 saturated heterocycles. The van der Waals surface area contributed by atoms with Gasteiger partial charge in [-0.05, 0) is 19.1 Å². The lowest BCUT2D eigenvalue weighted by Gasteiger charge is -2.01. The summed E-state index contributed by atoms with van der Waals surface area (Å²) in [5.74, 6) is -0.0544. The summed E-state index contributed by atoms with van der Waals surface area (Å²) in [6.45, 7) is 1.83. The van der Waals surface area contributed by atoms with Gasteiger partial charge in [-0.2, -0.15) is 5.10 Å². The molecule has 0 unspecified atom stereocenters. The number of amidine groups is 1. The van der Waals surface area contributed by atoms with Crippen LogP contribution >= 0.6 is 11.6 Å². The number of halogens is 1. The number of aromatic nitrogens is 3. The summed E-state index contributed by atoms with van der Waals surface area (Å²) < 4.78 is 1.63. The molecule has 0 aliphatic heterocycles. The molecule has 0 atom stereocenters. The number of nitrogen functional groups attached to an aromatic ring is 1. The first-order valence-electron chi connectivity index (χ1n) is 4.60. The van der Waals surface area contributed by atoms with Crippen LogP contribution in [0.4, 0.5) is 0 Å². The molecule has 6 heteroatoms. The van der Waals surface area contributed by atoms with Crippen molar-refractivity contribution in [3.63, 3.8) is 0 Å². The van der Waals surface area contributed by atoms with E-state index in [1.165, 1.54) is 0 Å². The normalized spacial score (nSPS) is 10.4. The number of nitrogens with two attached hydrogens (primary N) is 1. The predicted octanol–water partition coefficient (Wildman–Crippen LogP) is 1.51. The molecule has 0 aliphatic rings.